The maximum Gasteiger partial charge on any atom is 0.317 e. The molecule has 0 radical (unpaired) electrons. The molecule has 1 unspecified atom stereocenters. The summed E-state index contributed by atoms with van der Waals surface area (Å²) in [7, 11) is 0. The topological polar surface area (TPSA) is 89.9 Å². The van der Waals surface area contributed by atoms with E-state index in [1.807, 2.05) is 6.92 Å². The zero-order chi connectivity index (χ0) is 14.2. The number of carbonyl (C=O) groups excluding carboxylic acids is 1. The van der Waals surface area contributed by atoms with E-state index in [-0.39, 0.29) is 19.2 Å². The van der Waals surface area contributed by atoms with Gasteiger partial charge in [-0.25, -0.2) is 4.79 Å². The van der Waals surface area contributed by atoms with Crippen LogP contribution in [0.2, 0.25) is 0 Å². The first-order valence-corrected chi connectivity index (χ1v) is 6.28. The Balaban J connectivity index is 4.33. The number of carboxylic acid groups (broad SMARTS) is 1. The van der Waals surface area contributed by atoms with Crippen LogP contribution in [0.25, 0.3) is 0 Å². The van der Waals surface area contributed by atoms with Crippen LogP contribution in [0.5, 0.6) is 0 Å². The molecule has 0 aromatic heterocycles. The lowest BCUT2D eigenvalue weighted by molar-refractivity contribution is -0.147. The second-order valence-electron chi connectivity index (χ2n) is 4.53. The molecule has 0 fully saturated rings. The van der Waals surface area contributed by atoms with Gasteiger partial charge in [-0.1, -0.05) is 6.92 Å². The molecule has 0 saturated heterocycles. The lowest BCUT2D eigenvalue weighted by atomic mass is 9.88. The molecular formula is C12H24N2O4. The average molecular weight is 260 g/mol. The highest BCUT2D eigenvalue weighted by Crippen LogP contribution is 2.19. The maximum atomic E-state index is 11.8. The number of rotatable bonds is 8. The van der Waals surface area contributed by atoms with Gasteiger partial charge in [-0.15, -0.1) is 0 Å². The first kappa shape index (κ1) is 16.7. The minimum absolute atomic E-state index is 0.0333. The third kappa shape index (κ3) is 4.91. The van der Waals surface area contributed by atoms with Crippen LogP contribution in [0.4, 0.5) is 4.79 Å². The third-order valence-electron chi connectivity index (χ3n) is 3.18. The first-order chi connectivity index (χ1) is 8.41. The number of amides is 2. The molecule has 0 bridgehead atoms. The summed E-state index contributed by atoms with van der Waals surface area (Å²) in [6.07, 6.45) is 0.969. The number of nitrogens with one attached hydrogen (secondary N) is 1. The summed E-state index contributed by atoms with van der Waals surface area (Å²) in [4.78, 5) is 24.4. The van der Waals surface area contributed by atoms with E-state index in [9.17, 15) is 9.59 Å². The van der Waals surface area contributed by atoms with E-state index in [2.05, 4.69) is 5.32 Å². The van der Waals surface area contributed by atoms with Crippen LogP contribution in [-0.4, -0.2) is 53.4 Å². The number of aliphatic hydroxyl groups excluding tert-OH is 1. The molecule has 106 valence electrons. The van der Waals surface area contributed by atoms with E-state index in [1.54, 1.807) is 18.7 Å². The molecule has 3 N–H and O–H groups in total. The fraction of sp³-hybridized carbons (Fsp3) is 0.833. The Labute approximate surface area is 108 Å². The number of carboxylic acids is 1. The van der Waals surface area contributed by atoms with Gasteiger partial charge in [0.05, 0.1) is 5.41 Å². The van der Waals surface area contributed by atoms with Gasteiger partial charge in [0, 0.05) is 26.2 Å². The Kier molecular flexibility index (Phi) is 7.35. The highest BCUT2D eigenvalue weighted by atomic mass is 16.4. The predicted molar refractivity (Wildman–Crippen MR) is 68.4 cm³/mol. The zero-order valence-corrected chi connectivity index (χ0v) is 11.4. The Bertz CT molecular complexity index is 283. The number of hydrogen-bond donors (Lipinski definition) is 3. The van der Waals surface area contributed by atoms with Crippen molar-refractivity contribution in [1.29, 1.82) is 0 Å². The minimum atomic E-state index is -0.938. The fourth-order valence-electron chi connectivity index (χ4n) is 1.40. The Morgan fingerprint density at radius 2 is 1.94 bits per heavy atom. The van der Waals surface area contributed by atoms with E-state index in [0.717, 1.165) is 0 Å². The molecule has 0 aromatic carbocycles. The smallest absolute Gasteiger partial charge is 0.317 e. The molecular weight excluding hydrogens is 236 g/mol. The lowest BCUT2D eigenvalue weighted by Gasteiger charge is -2.26. The lowest BCUT2D eigenvalue weighted by Crippen LogP contribution is -2.46. The highest BCUT2D eigenvalue weighted by molar-refractivity contribution is 5.77. The molecule has 0 aliphatic rings. The van der Waals surface area contributed by atoms with E-state index >= 15 is 0 Å². The second kappa shape index (κ2) is 7.92. The molecule has 0 aliphatic carbocycles. The molecule has 6 heteroatoms. The van der Waals surface area contributed by atoms with Crippen LogP contribution in [0.3, 0.4) is 0 Å². The summed E-state index contributed by atoms with van der Waals surface area (Å²) in [5.74, 6) is -0.913. The number of aliphatic hydroxyl groups is 1. The number of carbonyl (C=O) groups is 2. The molecule has 0 aromatic rings. The quantitative estimate of drug-likeness (QED) is 0.605. The summed E-state index contributed by atoms with van der Waals surface area (Å²) in [5.41, 5.74) is -0.938. The van der Waals surface area contributed by atoms with Crippen LogP contribution < -0.4 is 5.32 Å². The largest absolute Gasteiger partial charge is 0.481 e. The predicted octanol–water partition coefficient (Wildman–Crippen LogP) is 0.901. The van der Waals surface area contributed by atoms with Gasteiger partial charge in [-0.3, -0.25) is 4.79 Å². The SMILES string of the molecule is CCN(CCCO)C(=O)NCC(C)(CC)C(=O)O. The maximum absolute atomic E-state index is 11.8. The summed E-state index contributed by atoms with van der Waals surface area (Å²) < 4.78 is 0. The van der Waals surface area contributed by atoms with Gasteiger partial charge in [-0.05, 0) is 26.7 Å². The standard InChI is InChI=1S/C12H24N2O4/c1-4-12(3,10(16)17)9-13-11(18)14(5-2)7-6-8-15/h15H,4-9H2,1-3H3,(H,13,18)(H,16,17). The molecule has 0 rings (SSSR count). The summed E-state index contributed by atoms with van der Waals surface area (Å²) >= 11 is 0. The van der Waals surface area contributed by atoms with E-state index in [4.69, 9.17) is 10.2 Å². The number of urea groups is 1. The molecule has 6 nitrogen and oxygen atoms in total. The van der Waals surface area contributed by atoms with Crippen LogP contribution in [0.15, 0.2) is 0 Å². The Morgan fingerprint density at radius 3 is 2.33 bits per heavy atom. The molecule has 0 spiro atoms. The van der Waals surface area contributed by atoms with Crippen molar-refractivity contribution in [2.45, 2.75) is 33.6 Å². The first-order valence-electron chi connectivity index (χ1n) is 6.28. The van der Waals surface area contributed by atoms with Crippen molar-refractivity contribution in [3.05, 3.63) is 0 Å². The molecule has 0 aliphatic heterocycles. The molecule has 0 heterocycles. The van der Waals surface area contributed by atoms with Gasteiger partial charge in [0.1, 0.15) is 0 Å². The summed E-state index contributed by atoms with van der Waals surface area (Å²) in [5, 5.41) is 20.5. The van der Waals surface area contributed by atoms with Crippen molar-refractivity contribution in [2.24, 2.45) is 5.41 Å². The van der Waals surface area contributed by atoms with Crippen molar-refractivity contribution < 1.29 is 19.8 Å². The highest BCUT2D eigenvalue weighted by Gasteiger charge is 2.31. The van der Waals surface area contributed by atoms with E-state index in [1.165, 1.54) is 0 Å². The van der Waals surface area contributed by atoms with Crippen LogP contribution >= 0.6 is 0 Å². The fourth-order valence-corrected chi connectivity index (χ4v) is 1.40. The molecule has 2 amide bonds. The number of hydrogen-bond acceptors (Lipinski definition) is 3. The number of aliphatic carboxylic acids is 1. The Hall–Kier alpha value is -1.30. The van der Waals surface area contributed by atoms with Crippen molar-refractivity contribution >= 4 is 12.0 Å². The van der Waals surface area contributed by atoms with Crippen molar-refractivity contribution in [2.75, 3.05) is 26.2 Å². The van der Waals surface area contributed by atoms with Crippen molar-refractivity contribution in [3.8, 4) is 0 Å². The van der Waals surface area contributed by atoms with Crippen LogP contribution in [-0.2, 0) is 4.79 Å². The summed E-state index contributed by atoms with van der Waals surface area (Å²) in [6, 6.07) is -0.285. The van der Waals surface area contributed by atoms with Gasteiger partial charge in [0.2, 0.25) is 0 Å². The van der Waals surface area contributed by atoms with Gasteiger partial charge in [0.25, 0.3) is 0 Å². The minimum Gasteiger partial charge on any atom is -0.481 e. The second-order valence-corrected chi connectivity index (χ2v) is 4.53. The normalized spacial score (nSPS) is 13.8. The van der Waals surface area contributed by atoms with E-state index in [0.29, 0.717) is 25.9 Å². The summed E-state index contributed by atoms with van der Waals surface area (Å²) in [6.45, 7) is 6.37. The average Bonchev–Trinajstić information content (AvgIpc) is 2.36. The van der Waals surface area contributed by atoms with E-state index < -0.39 is 11.4 Å². The third-order valence-corrected chi connectivity index (χ3v) is 3.18. The van der Waals surface area contributed by atoms with Gasteiger partial charge >= 0.3 is 12.0 Å². The Morgan fingerprint density at radius 1 is 1.33 bits per heavy atom. The monoisotopic (exact) mass is 260 g/mol. The van der Waals surface area contributed by atoms with Gasteiger partial charge in [0.15, 0.2) is 0 Å². The van der Waals surface area contributed by atoms with Crippen molar-refractivity contribution in [3.63, 3.8) is 0 Å². The molecule has 1 atom stereocenters. The molecule has 18 heavy (non-hydrogen) atoms. The van der Waals surface area contributed by atoms with Crippen LogP contribution in [0, 0.1) is 5.41 Å². The zero-order valence-electron chi connectivity index (χ0n) is 11.4. The van der Waals surface area contributed by atoms with Crippen LogP contribution in [0.1, 0.15) is 33.6 Å². The van der Waals surface area contributed by atoms with Gasteiger partial charge in [-0.2, -0.15) is 0 Å². The number of nitrogens with zero attached hydrogens (tertiary/aromatic N) is 1. The van der Waals surface area contributed by atoms with Crippen molar-refractivity contribution in [1.82, 2.24) is 10.2 Å². The molecule has 0 saturated carbocycles. The van der Waals surface area contributed by atoms with Gasteiger partial charge < -0.3 is 20.4 Å².